The molecule has 0 bridgehead atoms. The van der Waals surface area contributed by atoms with Crippen LogP contribution in [-0.4, -0.2) is 35.6 Å². The minimum absolute atomic E-state index is 0.214. The quantitative estimate of drug-likeness (QED) is 0.842. The first-order valence-corrected chi connectivity index (χ1v) is 9.06. The molecule has 0 aliphatic carbocycles. The lowest BCUT2D eigenvalue weighted by Crippen LogP contribution is -2.41. The summed E-state index contributed by atoms with van der Waals surface area (Å²) in [5, 5.41) is 0. The van der Waals surface area contributed by atoms with Crippen LogP contribution in [0.5, 0.6) is 0 Å². The molecule has 1 unspecified atom stereocenters. The molecule has 0 spiro atoms. The lowest BCUT2D eigenvalue weighted by molar-refractivity contribution is 0.308. The highest BCUT2D eigenvalue weighted by Gasteiger charge is 2.39. The molecular weight excluding hydrogens is 314 g/mol. The summed E-state index contributed by atoms with van der Waals surface area (Å²) < 4.78 is 34.4. The minimum Gasteiger partial charge on any atom is -0.465 e. The summed E-state index contributed by atoms with van der Waals surface area (Å²) in [6, 6.07) is 7.18. The van der Waals surface area contributed by atoms with Gasteiger partial charge in [-0.25, -0.2) is 0 Å². The Labute approximate surface area is 136 Å². The molecule has 0 N–H and O–H groups in total. The number of aromatic nitrogens is 1. The van der Waals surface area contributed by atoms with Crippen molar-refractivity contribution in [1.29, 1.82) is 0 Å². The first kappa shape index (κ1) is 16.2. The van der Waals surface area contributed by atoms with E-state index < -0.39 is 10.2 Å². The van der Waals surface area contributed by atoms with E-state index in [4.69, 9.17) is 4.42 Å². The molecule has 1 fully saturated rings. The van der Waals surface area contributed by atoms with Crippen LogP contribution < -0.4 is 0 Å². The van der Waals surface area contributed by atoms with E-state index in [2.05, 4.69) is 4.98 Å². The molecule has 0 saturated carbocycles. The zero-order valence-corrected chi connectivity index (χ0v) is 14.2. The Balaban J connectivity index is 1.80. The number of hydrogen-bond acceptors (Lipinski definition) is 4. The summed E-state index contributed by atoms with van der Waals surface area (Å²) in [7, 11) is -1.93. The standard InChI is InChI=1S/C16H21N3O3S/c1-13-5-6-16(22-13)15-4-3-11-19(15)23(20,21)18(2)12-14-7-9-17-10-8-14/h5-10,15H,3-4,11-12H2,1-2H3. The highest BCUT2D eigenvalue weighted by atomic mass is 32.2. The van der Waals surface area contributed by atoms with Crippen molar-refractivity contribution < 1.29 is 12.8 Å². The van der Waals surface area contributed by atoms with Gasteiger partial charge in [0.25, 0.3) is 10.2 Å². The average molecular weight is 335 g/mol. The van der Waals surface area contributed by atoms with E-state index >= 15 is 0 Å². The third kappa shape index (κ3) is 3.31. The van der Waals surface area contributed by atoms with Gasteiger partial charge < -0.3 is 4.42 Å². The number of furan rings is 1. The van der Waals surface area contributed by atoms with Crippen molar-refractivity contribution in [3.05, 3.63) is 53.7 Å². The van der Waals surface area contributed by atoms with Gasteiger partial charge in [0, 0.05) is 32.5 Å². The van der Waals surface area contributed by atoms with E-state index in [9.17, 15) is 8.42 Å². The summed E-state index contributed by atoms with van der Waals surface area (Å²) in [5.41, 5.74) is 0.913. The summed E-state index contributed by atoms with van der Waals surface area (Å²) >= 11 is 0. The van der Waals surface area contributed by atoms with Crippen LogP contribution in [0.3, 0.4) is 0 Å². The lowest BCUT2D eigenvalue weighted by atomic mass is 10.2. The number of nitrogens with zero attached hydrogens (tertiary/aromatic N) is 3. The molecule has 1 aliphatic rings. The van der Waals surface area contributed by atoms with Gasteiger partial charge in [0.15, 0.2) is 0 Å². The molecule has 0 amide bonds. The van der Waals surface area contributed by atoms with E-state index in [-0.39, 0.29) is 6.04 Å². The second-order valence-electron chi connectivity index (χ2n) is 5.84. The SMILES string of the molecule is Cc1ccc(C2CCCN2S(=O)(=O)N(C)Cc2ccncc2)o1. The first-order chi connectivity index (χ1) is 11.0. The highest BCUT2D eigenvalue weighted by Crippen LogP contribution is 2.36. The second kappa shape index (κ2) is 6.43. The van der Waals surface area contributed by atoms with Gasteiger partial charge in [-0.3, -0.25) is 4.98 Å². The maximum atomic E-state index is 12.9. The minimum atomic E-state index is -3.54. The van der Waals surface area contributed by atoms with Gasteiger partial charge >= 0.3 is 0 Å². The number of aryl methyl sites for hydroxylation is 1. The van der Waals surface area contributed by atoms with Crippen molar-refractivity contribution in [1.82, 2.24) is 13.6 Å². The molecule has 1 aliphatic heterocycles. The van der Waals surface area contributed by atoms with Gasteiger partial charge in [-0.1, -0.05) is 0 Å². The smallest absolute Gasteiger partial charge is 0.282 e. The van der Waals surface area contributed by atoms with Crippen LogP contribution >= 0.6 is 0 Å². The number of rotatable bonds is 5. The maximum Gasteiger partial charge on any atom is 0.282 e. The van der Waals surface area contributed by atoms with Crippen LogP contribution in [0.15, 0.2) is 41.1 Å². The Bertz CT molecular complexity index is 758. The maximum absolute atomic E-state index is 12.9. The third-order valence-electron chi connectivity index (χ3n) is 4.14. The van der Waals surface area contributed by atoms with Crippen molar-refractivity contribution in [3.63, 3.8) is 0 Å². The van der Waals surface area contributed by atoms with E-state index in [1.54, 1.807) is 23.7 Å². The molecule has 3 heterocycles. The van der Waals surface area contributed by atoms with Crippen molar-refractivity contribution in [2.45, 2.75) is 32.4 Å². The molecule has 1 saturated heterocycles. The predicted molar refractivity (Wildman–Crippen MR) is 86.7 cm³/mol. The normalized spacial score (nSPS) is 19.5. The summed E-state index contributed by atoms with van der Waals surface area (Å²) in [5.74, 6) is 1.52. The Morgan fingerprint density at radius 1 is 1.30 bits per heavy atom. The van der Waals surface area contributed by atoms with Crippen LogP contribution in [0.1, 0.15) is 36.0 Å². The van der Waals surface area contributed by atoms with Gasteiger partial charge in [-0.15, -0.1) is 0 Å². The summed E-state index contributed by atoms with van der Waals surface area (Å²) in [6.07, 6.45) is 4.96. The largest absolute Gasteiger partial charge is 0.465 e. The Morgan fingerprint density at radius 2 is 2.04 bits per heavy atom. The van der Waals surface area contributed by atoms with Gasteiger partial charge in [-0.2, -0.15) is 17.0 Å². The van der Waals surface area contributed by atoms with E-state index in [1.165, 1.54) is 4.31 Å². The fourth-order valence-corrected chi connectivity index (χ4v) is 4.50. The van der Waals surface area contributed by atoms with Gasteiger partial charge in [-0.05, 0) is 49.6 Å². The van der Waals surface area contributed by atoms with Crippen LogP contribution in [0.25, 0.3) is 0 Å². The molecule has 23 heavy (non-hydrogen) atoms. The van der Waals surface area contributed by atoms with Gasteiger partial charge in [0.1, 0.15) is 11.5 Å². The molecule has 124 valence electrons. The van der Waals surface area contributed by atoms with Crippen LogP contribution in [-0.2, 0) is 16.8 Å². The third-order valence-corrected chi connectivity index (χ3v) is 6.08. The van der Waals surface area contributed by atoms with Crippen LogP contribution in [0.2, 0.25) is 0 Å². The van der Waals surface area contributed by atoms with Gasteiger partial charge in [0.05, 0.1) is 6.04 Å². The molecular formula is C16H21N3O3S. The number of pyridine rings is 1. The van der Waals surface area contributed by atoms with Crippen molar-refractivity contribution in [2.75, 3.05) is 13.6 Å². The molecule has 3 rings (SSSR count). The summed E-state index contributed by atoms with van der Waals surface area (Å²) in [4.78, 5) is 3.96. The van der Waals surface area contributed by atoms with Crippen LogP contribution in [0, 0.1) is 6.92 Å². The first-order valence-electron chi connectivity index (χ1n) is 7.67. The lowest BCUT2D eigenvalue weighted by Gasteiger charge is -2.28. The predicted octanol–water partition coefficient (Wildman–Crippen LogP) is 2.50. The van der Waals surface area contributed by atoms with E-state index in [1.807, 2.05) is 31.2 Å². The van der Waals surface area contributed by atoms with Crippen molar-refractivity contribution in [3.8, 4) is 0 Å². The second-order valence-corrected chi connectivity index (χ2v) is 7.82. The molecule has 2 aromatic heterocycles. The molecule has 2 aromatic rings. The Morgan fingerprint density at radius 3 is 2.70 bits per heavy atom. The van der Waals surface area contributed by atoms with Gasteiger partial charge in [0.2, 0.25) is 0 Å². The fourth-order valence-electron chi connectivity index (χ4n) is 2.94. The Kier molecular flexibility index (Phi) is 4.52. The zero-order valence-electron chi connectivity index (χ0n) is 13.3. The number of hydrogen-bond donors (Lipinski definition) is 0. The van der Waals surface area contributed by atoms with Crippen LogP contribution in [0.4, 0.5) is 0 Å². The highest BCUT2D eigenvalue weighted by molar-refractivity contribution is 7.86. The molecule has 0 aromatic carbocycles. The van der Waals surface area contributed by atoms with E-state index in [0.29, 0.717) is 13.1 Å². The van der Waals surface area contributed by atoms with Crippen molar-refractivity contribution >= 4 is 10.2 Å². The van der Waals surface area contributed by atoms with Crippen molar-refractivity contribution in [2.24, 2.45) is 0 Å². The fraction of sp³-hybridized carbons (Fsp3) is 0.438. The monoisotopic (exact) mass is 335 g/mol. The Hall–Kier alpha value is -1.70. The van der Waals surface area contributed by atoms with E-state index in [0.717, 1.165) is 29.9 Å². The molecule has 0 radical (unpaired) electrons. The average Bonchev–Trinajstić information content (AvgIpc) is 3.16. The molecule has 1 atom stereocenters. The topological polar surface area (TPSA) is 66.7 Å². The zero-order chi connectivity index (χ0) is 16.4. The molecule has 7 heteroatoms. The molecule has 6 nitrogen and oxygen atoms in total. The summed E-state index contributed by atoms with van der Waals surface area (Å²) in [6.45, 7) is 2.71.